The highest BCUT2D eigenvalue weighted by atomic mass is 16.1. The third-order valence-corrected chi connectivity index (χ3v) is 5.23. The molecule has 4 rings (SSSR count). The van der Waals surface area contributed by atoms with E-state index >= 15 is 0 Å². The number of anilines is 1. The summed E-state index contributed by atoms with van der Waals surface area (Å²) in [5.41, 5.74) is 2.68. The summed E-state index contributed by atoms with van der Waals surface area (Å²) in [7, 11) is 0. The molecule has 0 atom stereocenters. The van der Waals surface area contributed by atoms with Gasteiger partial charge in [0.1, 0.15) is 0 Å². The fourth-order valence-corrected chi connectivity index (χ4v) is 3.35. The Morgan fingerprint density at radius 2 is 2.07 bits per heavy atom. The van der Waals surface area contributed by atoms with E-state index in [1.54, 1.807) is 0 Å². The Balaban J connectivity index is 1.38. The van der Waals surface area contributed by atoms with E-state index in [0.717, 1.165) is 48.5 Å². The molecule has 1 fully saturated rings. The molecule has 1 saturated carbocycles. The summed E-state index contributed by atoms with van der Waals surface area (Å²) in [6, 6.07) is 13.7. The third-order valence-electron chi connectivity index (χ3n) is 5.23. The highest BCUT2D eigenvalue weighted by molar-refractivity contribution is 5.93. The molecule has 1 aliphatic rings. The maximum atomic E-state index is 12.2. The van der Waals surface area contributed by atoms with Gasteiger partial charge < -0.3 is 16.0 Å². The topological polar surface area (TPSA) is 95.7 Å². The van der Waals surface area contributed by atoms with Gasteiger partial charge in [-0.05, 0) is 49.6 Å². The molecule has 0 saturated heterocycles. The third kappa shape index (κ3) is 4.76. The number of aromatic nitrogens is 3. The Hall–Kier alpha value is -3.42. The minimum Gasteiger partial charge on any atom is -0.357 e. The monoisotopic (exact) mass is 405 g/mol. The van der Waals surface area contributed by atoms with E-state index in [0.29, 0.717) is 19.0 Å². The quantitative estimate of drug-likeness (QED) is 0.415. The lowest BCUT2D eigenvalue weighted by Gasteiger charge is -2.24. The number of rotatable bonds is 7. The number of hydrogen-bond donors (Lipinski definition) is 3. The number of nitrogens with one attached hydrogen (secondary N) is 3. The maximum Gasteiger partial charge on any atom is 0.227 e. The van der Waals surface area contributed by atoms with Gasteiger partial charge >= 0.3 is 0 Å². The summed E-state index contributed by atoms with van der Waals surface area (Å²) >= 11 is 0. The van der Waals surface area contributed by atoms with E-state index in [4.69, 9.17) is 0 Å². The van der Waals surface area contributed by atoms with Crippen LogP contribution in [0.2, 0.25) is 0 Å². The van der Waals surface area contributed by atoms with Crippen LogP contribution in [-0.2, 0) is 17.9 Å². The lowest BCUT2D eigenvalue weighted by molar-refractivity contribution is -0.122. The van der Waals surface area contributed by atoms with E-state index in [1.165, 1.54) is 0 Å². The average Bonchev–Trinajstić information content (AvgIpc) is 3.12. The van der Waals surface area contributed by atoms with Crippen molar-refractivity contribution in [2.45, 2.75) is 39.3 Å². The van der Waals surface area contributed by atoms with E-state index in [1.807, 2.05) is 60.0 Å². The van der Waals surface area contributed by atoms with Gasteiger partial charge in [0.25, 0.3) is 0 Å². The van der Waals surface area contributed by atoms with Crippen LogP contribution in [-0.4, -0.2) is 33.0 Å². The average molecular weight is 406 g/mol. The number of pyridine rings is 1. The van der Waals surface area contributed by atoms with Crippen LogP contribution in [0.25, 0.3) is 5.65 Å². The molecule has 3 aromatic rings. The Kier molecular flexibility index (Phi) is 6.22. The summed E-state index contributed by atoms with van der Waals surface area (Å²) in [4.78, 5) is 16.8. The molecule has 0 aliphatic heterocycles. The molecule has 156 valence electrons. The second-order valence-electron chi connectivity index (χ2n) is 7.41. The first-order valence-electron chi connectivity index (χ1n) is 10.4. The highest BCUT2D eigenvalue weighted by Gasteiger charge is 2.25. The van der Waals surface area contributed by atoms with Crippen LogP contribution in [0.15, 0.2) is 53.7 Å². The van der Waals surface area contributed by atoms with Crippen LogP contribution in [0.1, 0.15) is 37.6 Å². The lowest BCUT2D eigenvalue weighted by Crippen LogP contribution is -2.37. The van der Waals surface area contributed by atoms with Gasteiger partial charge in [-0.2, -0.15) is 0 Å². The van der Waals surface area contributed by atoms with Crippen molar-refractivity contribution in [3.8, 4) is 0 Å². The fourth-order valence-electron chi connectivity index (χ4n) is 3.35. The zero-order valence-electron chi connectivity index (χ0n) is 17.1. The van der Waals surface area contributed by atoms with Gasteiger partial charge in [0.05, 0.1) is 13.1 Å². The van der Waals surface area contributed by atoms with Gasteiger partial charge in [-0.1, -0.05) is 24.6 Å². The van der Waals surface area contributed by atoms with Crippen molar-refractivity contribution in [3.63, 3.8) is 0 Å². The summed E-state index contributed by atoms with van der Waals surface area (Å²) in [6.07, 6.45) is 5.08. The highest BCUT2D eigenvalue weighted by Crippen LogP contribution is 2.27. The second-order valence-corrected chi connectivity index (χ2v) is 7.41. The Labute approximate surface area is 175 Å². The molecule has 30 heavy (non-hydrogen) atoms. The molecular weight excluding hydrogens is 378 g/mol. The first-order chi connectivity index (χ1) is 14.7. The SMILES string of the molecule is CCNC(=NCc1cccc(NC(=O)C2CCC2)c1)NCc1nnc2ccccn12. The predicted octanol–water partition coefficient (Wildman–Crippen LogP) is 2.72. The maximum absolute atomic E-state index is 12.2. The van der Waals surface area contributed by atoms with Crippen molar-refractivity contribution in [3.05, 3.63) is 60.0 Å². The van der Waals surface area contributed by atoms with E-state index in [9.17, 15) is 4.79 Å². The van der Waals surface area contributed by atoms with Crippen LogP contribution in [0.4, 0.5) is 5.69 Å². The van der Waals surface area contributed by atoms with Crippen LogP contribution < -0.4 is 16.0 Å². The summed E-state index contributed by atoms with van der Waals surface area (Å²) in [5, 5.41) is 18.0. The molecular formula is C22H27N7O. The van der Waals surface area contributed by atoms with Crippen LogP contribution in [0, 0.1) is 5.92 Å². The van der Waals surface area contributed by atoms with Crippen LogP contribution >= 0.6 is 0 Å². The fraction of sp³-hybridized carbons (Fsp3) is 0.364. The first-order valence-corrected chi connectivity index (χ1v) is 10.4. The predicted molar refractivity (Wildman–Crippen MR) is 117 cm³/mol. The molecule has 0 spiro atoms. The summed E-state index contributed by atoms with van der Waals surface area (Å²) in [6.45, 7) is 3.79. The standard InChI is InChI=1S/C22H27N7O/c1-2-23-22(25-15-20-28-27-19-11-3-4-12-29(19)20)24-14-16-7-5-10-18(13-16)26-21(30)17-8-6-9-17/h3-5,7,10-13,17H,2,6,8-9,14-15H2,1H3,(H,26,30)(H2,23,24,25). The lowest BCUT2D eigenvalue weighted by atomic mass is 9.85. The molecule has 3 N–H and O–H groups in total. The number of fused-ring (bicyclic) bond motifs is 1. The molecule has 1 amide bonds. The zero-order valence-corrected chi connectivity index (χ0v) is 17.1. The minimum atomic E-state index is 0.123. The zero-order chi connectivity index (χ0) is 20.8. The molecule has 1 aromatic carbocycles. The van der Waals surface area contributed by atoms with Gasteiger partial charge in [-0.3, -0.25) is 9.20 Å². The molecule has 0 bridgehead atoms. The molecule has 8 nitrogen and oxygen atoms in total. The van der Waals surface area contributed by atoms with Gasteiger partial charge in [0, 0.05) is 24.3 Å². The van der Waals surface area contributed by atoms with Crippen molar-refractivity contribution >= 4 is 23.2 Å². The summed E-state index contributed by atoms with van der Waals surface area (Å²) < 4.78 is 1.95. The Morgan fingerprint density at radius 1 is 1.17 bits per heavy atom. The molecule has 8 heteroatoms. The molecule has 2 aromatic heterocycles. The van der Waals surface area contributed by atoms with Crippen molar-refractivity contribution in [1.29, 1.82) is 0 Å². The largest absolute Gasteiger partial charge is 0.357 e. The van der Waals surface area contributed by atoms with Gasteiger partial charge in [-0.15, -0.1) is 10.2 Å². The van der Waals surface area contributed by atoms with E-state index in [-0.39, 0.29) is 11.8 Å². The minimum absolute atomic E-state index is 0.123. The number of nitrogens with zero attached hydrogens (tertiary/aromatic N) is 4. The second kappa shape index (κ2) is 9.39. The number of hydrogen-bond acceptors (Lipinski definition) is 4. The van der Waals surface area contributed by atoms with Crippen molar-refractivity contribution < 1.29 is 4.79 Å². The van der Waals surface area contributed by atoms with E-state index < -0.39 is 0 Å². The number of benzene rings is 1. The Morgan fingerprint density at radius 3 is 2.87 bits per heavy atom. The van der Waals surface area contributed by atoms with Crippen LogP contribution in [0.5, 0.6) is 0 Å². The molecule has 0 unspecified atom stereocenters. The number of guanidine groups is 1. The molecule has 0 radical (unpaired) electrons. The van der Waals surface area contributed by atoms with Crippen molar-refractivity contribution in [2.75, 3.05) is 11.9 Å². The summed E-state index contributed by atoms with van der Waals surface area (Å²) in [5.74, 6) is 1.81. The number of aliphatic imine (C=N–C) groups is 1. The van der Waals surface area contributed by atoms with Gasteiger partial charge in [0.15, 0.2) is 17.4 Å². The van der Waals surface area contributed by atoms with Crippen LogP contribution in [0.3, 0.4) is 0 Å². The smallest absolute Gasteiger partial charge is 0.227 e. The van der Waals surface area contributed by atoms with Gasteiger partial charge in [0.2, 0.25) is 5.91 Å². The Bertz CT molecular complexity index is 1040. The molecule has 2 heterocycles. The van der Waals surface area contributed by atoms with Crippen molar-refractivity contribution in [2.24, 2.45) is 10.9 Å². The van der Waals surface area contributed by atoms with E-state index in [2.05, 4.69) is 31.1 Å². The number of carbonyl (C=O) groups is 1. The first kappa shape index (κ1) is 19.9. The van der Waals surface area contributed by atoms with Crippen molar-refractivity contribution in [1.82, 2.24) is 25.2 Å². The number of carbonyl (C=O) groups excluding carboxylic acids is 1. The normalized spacial score (nSPS) is 14.4. The number of amides is 1. The molecule has 1 aliphatic carbocycles. The van der Waals surface area contributed by atoms with Gasteiger partial charge in [-0.25, -0.2) is 4.99 Å².